The van der Waals surface area contributed by atoms with Crippen LogP contribution in [0.2, 0.25) is 0 Å². The number of ether oxygens (including phenoxy) is 1. The van der Waals surface area contributed by atoms with Crippen molar-refractivity contribution in [1.82, 2.24) is 10.6 Å². The molecule has 0 amide bonds. The molecule has 0 aromatic rings. The third-order valence-corrected chi connectivity index (χ3v) is 1.53. The van der Waals surface area contributed by atoms with Gasteiger partial charge in [-0.3, -0.25) is 4.79 Å². The molecule has 0 spiro atoms. The van der Waals surface area contributed by atoms with E-state index in [-0.39, 0.29) is 24.4 Å². The number of carbonyl (C=O) groups is 1. The van der Waals surface area contributed by atoms with Crippen LogP contribution in [0.3, 0.4) is 0 Å². The van der Waals surface area contributed by atoms with Crippen molar-refractivity contribution in [3.05, 3.63) is 0 Å². The van der Waals surface area contributed by atoms with Gasteiger partial charge in [0.05, 0.1) is 7.11 Å². The SMILES string of the molecule is COC(=O)[C@H]1CNCCN1.Cl. The average Bonchev–Trinajstić information content (AvgIpc) is 2.05. The molecule has 1 heterocycles. The van der Waals surface area contributed by atoms with Gasteiger partial charge in [-0.25, -0.2) is 0 Å². The third kappa shape index (κ3) is 3.05. The van der Waals surface area contributed by atoms with Crippen molar-refractivity contribution in [1.29, 1.82) is 0 Å². The number of nitrogens with one attached hydrogen (secondary N) is 2. The van der Waals surface area contributed by atoms with Crippen LogP contribution in [0.4, 0.5) is 0 Å². The molecule has 0 aromatic heterocycles. The summed E-state index contributed by atoms with van der Waals surface area (Å²) in [5.74, 6) is -0.188. The standard InChI is InChI=1S/C6H12N2O2.ClH/c1-10-6(9)5-4-7-2-3-8-5;/h5,7-8H,2-4H2,1H3;1H/t5-;/m1./s1. The minimum atomic E-state index is -0.188. The molecule has 1 rings (SSSR count). The van der Waals surface area contributed by atoms with Crippen molar-refractivity contribution in [2.75, 3.05) is 26.7 Å². The molecule has 4 nitrogen and oxygen atoms in total. The lowest BCUT2D eigenvalue weighted by Crippen LogP contribution is -2.52. The van der Waals surface area contributed by atoms with Crippen molar-refractivity contribution in [2.24, 2.45) is 0 Å². The molecule has 1 atom stereocenters. The zero-order valence-corrected chi connectivity index (χ0v) is 7.24. The van der Waals surface area contributed by atoms with Gasteiger partial charge in [-0.05, 0) is 0 Å². The van der Waals surface area contributed by atoms with Crippen LogP contribution in [0, 0.1) is 0 Å². The first-order valence-corrected chi connectivity index (χ1v) is 3.36. The van der Waals surface area contributed by atoms with E-state index >= 15 is 0 Å². The van der Waals surface area contributed by atoms with Crippen molar-refractivity contribution >= 4 is 18.4 Å². The third-order valence-electron chi connectivity index (χ3n) is 1.53. The van der Waals surface area contributed by atoms with E-state index in [0.29, 0.717) is 6.54 Å². The van der Waals surface area contributed by atoms with E-state index in [4.69, 9.17) is 0 Å². The molecule has 0 aliphatic carbocycles. The summed E-state index contributed by atoms with van der Waals surface area (Å²) >= 11 is 0. The van der Waals surface area contributed by atoms with Crippen LogP contribution in [0.15, 0.2) is 0 Å². The zero-order valence-electron chi connectivity index (χ0n) is 6.42. The highest BCUT2D eigenvalue weighted by Crippen LogP contribution is 1.88. The Balaban J connectivity index is 0.000001000. The molecule has 1 fully saturated rings. The Morgan fingerprint density at radius 3 is 2.73 bits per heavy atom. The molecule has 0 radical (unpaired) electrons. The normalized spacial score (nSPS) is 23.5. The summed E-state index contributed by atoms with van der Waals surface area (Å²) in [6.45, 7) is 2.43. The van der Waals surface area contributed by atoms with E-state index in [0.717, 1.165) is 13.1 Å². The smallest absolute Gasteiger partial charge is 0.324 e. The van der Waals surface area contributed by atoms with Crippen LogP contribution in [-0.2, 0) is 9.53 Å². The first-order valence-electron chi connectivity index (χ1n) is 3.36. The van der Waals surface area contributed by atoms with Gasteiger partial charge in [0, 0.05) is 19.6 Å². The van der Waals surface area contributed by atoms with E-state index in [1.54, 1.807) is 0 Å². The minimum absolute atomic E-state index is 0. The summed E-state index contributed by atoms with van der Waals surface area (Å²) < 4.78 is 4.55. The molecule has 1 aliphatic heterocycles. The van der Waals surface area contributed by atoms with Gasteiger partial charge in [0.15, 0.2) is 0 Å². The first-order chi connectivity index (χ1) is 4.84. The van der Waals surface area contributed by atoms with Gasteiger partial charge in [0.25, 0.3) is 0 Å². The van der Waals surface area contributed by atoms with E-state index < -0.39 is 0 Å². The molecule has 0 saturated carbocycles. The minimum Gasteiger partial charge on any atom is -0.468 e. The van der Waals surface area contributed by atoms with Crippen molar-refractivity contribution in [3.63, 3.8) is 0 Å². The van der Waals surface area contributed by atoms with E-state index in [1.165, 1.54) is 7.11 Å². The summed E-state index contributed by atoms with van der Waals surface area (Å²) in [4.78, 5) is 10.8. The number of rotatable bonds is 1. The van der Waals surface area contributed by atoms with Gasteiger partial charge in [0.2, 0.25) is 0 Å². The van der Waals surface area contributed by atoms with Crippen molar-refractivity contribution in [3.8, 4) is 0 Å². The van der Waals surface area contributed by atoms with Gasteiger partial charge < -0.3 is 15.4 Å². The molecule has 1 saturated heterocycles. The fourth-order valence-corrected chi connectivity index (χ4v) is 0.962. The van der Waals surface area contributed by atoms with Gasteiger partial charge in [0.1, 0.15) is 6.04 Å². The summed E-state index contributed by atoms with van der Waals surface area (Å²) in [7, 11) is 1.40. The maximum atomic E-state index is 10.8. The molecule has 0 bridgehead atoms. The Morgan fingerprint density at radius 1 is 1.55 bits per heavy atom. The number of halogens is 1. The number of esters is 1. The van der Waals surface area contributed by atoms with Crippen LogP contribution in [0.5, 0.6) is 0 Å². The van der Waals surface area contributed by atoms with Crippen LogP contribution in [0.25, 0.3) is 0 Å². The van der Waals surface area contributed by atoms with Gasteiger partial charge >= 0.3 is 5.97 Å². The highest BCUT2D eigenvalue weighted by Gasteiger charge is 2.19. The topological polar surface area (TPSA) is 50.4 Å². The summed E-state index contributed by atoms with van der Waals surface area (Å²) in [5, 5.41) is 6.12. The Bertz CT molecular complexity index is 126. The lowest BCUT2D eigenvalue weighted by Gasteiger charge is -2.21. The number of carbonyl (C=O) groups excluding carboxylic acids is 1. The van der Waals surface area contributed by atoms with Crippen LogP contribution in [-0.4, -0.2) is 38.8 Å². The Morgan fingerprint density at radius 2 is 2.27 bits per heavy atom. The highest BCUT2D eigenvalue weighted by atomic mass is 35.5. The molecule has 5 heteroatoms. The first kappa shape index (κ1) is 10.7. The van der Waals surface area contributed by atoms with E-state index in [9.17, 15) is 4.79 Å². The van der Waals surface area contributed by atoms with Gasteiger partial charge in [-0.1, -0.05) is 0 Å². The molecule has 0 unspecified atom stereocenters. The zero-order chi connectivity index (χ0) is 7.40. The predicted octanol–water partition coefficient (Wildman–Crippen LogP) is -0.857. The van der Waals surface area contributed by atoms with Crippen molar-refractivity contribution in [2.45, 2.75) is 6.04 Å². The molecule has 2 N–H and O–H groups in total. The lowest BCUT2D eigenvalue weighted by atomic mass is 10.2. The Hall–Kier alpha value is -0.320. The fraction of sp³-hybridized carbons (Fsp3) is 0.833. The second-order valence-electron chi connectivity index (χ2n) is 2.23. The number of hydrogen-bond acceptors (Lipinski definition) is 4. The molecular formula is C6H13ClN2O2. The monoisotopic (exact) mass is 180 g/mol. The largest absolute Gasteiger partial charge is 0.468 e. The second kappa shape index (κ2) is 5.35. The fourth-order valence-electron chi connectivity index (χ4n) is 0.962. The number of methoxy groups -OCH3 is 1. The summed E-state index contributed by atoms with van der Waals surface area (Å²) in [5.41, 5.74) is 0. The van der Waals surface area contributed by atoms with Crippen molar-refractivity contribution < 1.29 is 9.53 Å². The summed E-state index contributed by atoms with van der Waals surface area (Å²) in [6, 6.07) is -0.154. The van der Waals surface area contributed by atoms with Crippen LogP contribution in [0.1, 0.15) is 0 Å². The molecule has 66 valence electrons. The second-order valence-corrected chi connectivity index (χ2v) is 2.23. The molecule has 11 heavy (non-hydrogen) atoms. The maximum absolute atomic E-state index is 10.8. The van der Waals surface area contributed by atoms with Crippen LogP contribution >= 0.6 is 12.4 Å². The summed E-state index contributed by atoms with van der Waals surface area (Å²) in [6.07, 6.45) is 0. The van der Waals surface area contributed by atoms with Crippen LogP contribution < -0.4 is 10.6 Å². The highest BCUT2D eigenvalue weighted by molar-refractivity contribution is 5.85. The average molecular weight is 181 g/mol. The lowest BCUT2D eigenvalue weighted by molar-refractivity contribution is -0.143. The number of hydrogen-bond donors (Lipinski definition) is 2. The van der Waals surface area contributed by atoms with E-state index in [2.05, 4.69) is 15.4 Å². The predicted molar refractivity (Wildman–Crippen MR) is 43.9 cm³/mol. The van der Waals surface area contributed by atoms with Gasteiger partial charge in [-0.2, -0.15) is 0 Å². The van der Waals surface area contributed by atoms with E-state index in [1.807, 2.05) is 0 Å². The Labute approximate surface area is 72.1 Å². The number of piperazine rings is 1. The molecule has 1 aliphatic rings. The molecular weight excluding hydrogens is 168 g/mol. The quantitative estimate of drug-likeness (QED) is 0.516. The Kier molecular flexibility index (Phi) is 5.19. The van der Waals surface area contributed by atoms with Gasteiger partial charge in [-0.15, -0.1) is 12.4 Å². The molecule has 0 aromatic carbocycles. The maximum Gasteiger partial charge on any atom is 0.324 e.